The third-order valence-corrected chi connectivity index (χ3v) is 4.65. The van der Waals surface area contributed by atoms with E-state index in [4.69, 9.17) is 0 Å². The molecule has 0 spiro atoms. The first-order chi connectivity index (χ1) is 8.43. The molecule has 1 aromatic rings. The first kappa shape index (κ1) is 19.8. The zero-order valence-electron chi connectivity index (χ0n) is 9.81. The molecule has 0 atom stereocenters. The van der Waals surface area contributed by atoms with Crippen LogP contribution in [-0.2, 0) is 20.0 Å². The molecule has 0 unspecified atom stereocenters. The Labute approximate surface area is 133 Å². The molecule has 0 saturated carbocycles. The predicted octanol–water partition coefficient (Wildman–Crippen LogP) is -1.93. The number of rotatable bonds is 4. The van der Waals surface area contributed by atoms with Crippen molar-refractivity contribution in [3.8, 4) is 0 Å². The second-order valence-corrected chi connectivity index (χ2v) is 6.74. The molecule has 1 rings (SSSR count). The van der Waals surface area contributed by atoms with Gasteiger partial charge in [-0.25, -0.2) is 25.6 Å². The van der Waals surface area contributed by atoms with Gasteiger partial charge in [-0.15, -0.1) is 0 Å². The maximum absolute atomic E-state index is 13.0. The molecule has 0 fully saturated rings. The molecule has 108 valence electrons. The van der Waals surface area contributed by atoms with Crippen LogP contribution in [0.15, 0.2) is 28.0 Å². The Bertz CT molecular complexity index is 702. The van der Waals surface area contributed by atoms with Crippen molar-refractivity contribution in [2.24, 2.45) is 0 Å². The first-order valence-corrected chi connectivity index (χ1v) is 7.26. The Balaban J connectivity index is 0.00000361. The fourth-order valence-electron chi connectivity index (χ4n) is 1.09. The van der Waals surface area contributed by atoms with Crippen molar-refractivity contribution >= 4 is 20.0 Å². The van der Waals surface area contributed by atoms with Crippen LogP contribution in [0.2, 0.25) is 0 Å². The van der Waals surface area contributed by atoms with Gasteiger partial charge >= 0.3 is 34.8 Å². The number of hydrogen-bond acceptors (Lipinski definition) is 5. The molecule has 0 aliphatic rings. The van der Waals surface area contributed by atoms with E-state index < -0.39 is 47.5 Å². The summed E-state index contributed by atoms with van der Waals surface area (Å²) >= 11 is 0. The Morgan fingerprint density at radius 2 is 1.65 bits per heavy atom. The number of benzene rings is 1. The molecule has 0 radical (unpaired) electrons. The van der Waals surface area contributed by atoms with E-state index in [2.05, 4.69) is 0 Å². The van der Waals surface area contributed by atoms with Gasteiger partial charge in [-0.3, -0.25) is 0 Å². The van der Waals surface area contributed by atoms with Crippen molar-refractivity contribution < 1.29 is 68.5 Å². The normalized spacial score (nSPS) is 12.8. The largest absolute Gasteiger partial charge is 1.00 e. The van der Waals surface area contributed by atoms with E-state index in [1.807, 2.05) is 0 Å². The summed E-state index contributed by atoms with van der Waals surface area (Å²) in [6.45, 7) is -2.55. The zero-order chi connectivity index (χ0) is 15.1. The Morgan fingerprint density at radius 1 is 1.15 bits per heavy atom. The Hall–Kier alpha value is -0.200. The summed E-state index contributed by atoms with van der Waals surface area (Å²) in [5.74, 6) is -1.60. The van der Waals surface area contributed by atoms with Crippen molar-refractivity contribution in [2.75, 3.05) is 6.67 Å². The average molecular weight is 344 g/mol. The van der Waals surface area contributed by atoms with Gasteiger partial charge in [-0.2, -0.15) is 8.78 Å². The molecule has 0 saturated heterocycles. The van der Waals surface area contributed by atoms with Crippen LogP contribution >= 0.6 is 0 Å². The molecule has 1 aromatic carbocycles. The van der Waals surface area contributed by atoms with Gasteiger partial charge in [0.25, 0.3) is 0 Å². The Morgan fingerprint density at radius 3 is 2.05 bits per heavy atom. The molecule has 12 heteroatoms. The summed E-state index contributed by atoms with van der Waals surface area (Å²) in [6.07, 6.45) is 0. The number of alkyl halides is 3. The van der Waals surface area contributed by atoms with Crippen LogP contribution in [0.3, 0.4) is 0 Å². The van der Waals surface area contributed by atoms with Crippen LogP contribution in [0.4, 0.5) is 17.6 Å². The molecule has 0 aliphatic heterocycles. The SMILES string of the molecule is O=S(=O)([O-])c1cc(S(=O)(=O)C(F)(F)CF)ccc1F.[Na+]. The van der Waals surface area contributed by atoms with Gasteiger partial charge in [0.2, 0.25) is 9.84 Å². The summed E-state index contributed by atoms with van der Waals surface area (Å²) < 4.78 is 105. The van der Waals surface area contributed by atoms with Gasteiger partial charge in [-0.1, -0.05) is 0 Å². The molecule has 5 nitrogen and oxygen atoms in total. The van der Waals surface area contributed by atoms with E-state index in [0.717, 1.165) is 0 Å². The number of sulfone groups is 1. The second kappa shape index (κ2) is 6.28. The predicted molar refractivity (Wildman–Crippen MR) is 52.5 cm³/mol. The van der Waals surface area contributed by atoms with E-state index in [9.17, 15) is 39.0 Å². The van der Waals surface area contributed by atoms with E-state index in [-0.39, 0.29) is 41.7 Å². The van der Waals surface area contributed by atoms with Crippen LogP contribution in [0.25, 0.3) is 0 Å². The van der Waals surface area contributed by atoms with Crippen molar-refractivity contribution in [1.82, 2.24) is 0 Å². The molecule has 0 amide bonds. The quantitative estimate of drug-likeness (QED) is 0.275. The fourth-order valence-corrected chi connectivity index (χ4v) is 2.75. The fraction of sp³-hybridized carbons (Fsp3) is 0.250. The maximum Gasteiger partial charge on any atom is 1.00 e. The van der Waals surface area contributed by atoms with E-state index in [1.165, 1.54) is 0 Å². The van der Waals surface area contributed by atoms with E-state index in [0.29, 0.717) is 6.07 Å². The Kier molecular flexibility index (Phi) is 6.22. The first-order valence-electron chi connectivity index (χ1n) is 4.37. The van der Waals surface area contributed by atoms with Gasteiger partial charge in [0, 0.05) is 0 Å². The molecule has 0 aromatic heterocycles. The summed E-state index contributed by atoms with van der Waals surface area (Å²) in [5, 5.41) is -4.81. The van der Waals surface area contributed by atoms with Gasteiger partial charge < -0.3 is 4.55 Å². The molecular weight excluding hydrogens is 339 g/mol. The monoisotopic (exact) mass is 344 g/mol. The number of hydrogen-bond donors (Lipinski definition) is 0. The zero-order valence-corrected chi connectivity index (χ0v) is 13.4. The van der Waals surface area contributed by atoms with Crippen molar-refractivity contribution in [3.63, 3.8) is 0 Å². The standard InChI is InChI=1S/C8H6F4O5S2.Na/c9-4-8(11,12)18(13,14)5-1-2-6(10)7(3-5)19(15,16)17;/h1-3H,4H2,(H,15,16,17);/q;+1/p-1. The smallest absolute Gasteiger partial charge is 0.744 e. The maximum atomic E-state index is 13.0. The summed E-state index contributed by atoms with van der Waals surface area (Å²) in [7, 11) is -11.0. The summed E-state index contributed by atoms with van der Waals surface area (Å²) in [5.41, 5.74) is 0. The van der Waals surface area contributed by atoms with Gasteiger partial charge in [0.15, 0.2) is 6.67 Å². The third-order valence-electron chi connectivity index (χ3n) is 2.03. The van der Waals surface area contributed by atoms with Gasteiger partial charge in [0.1, 0.15) is 15.9 Å². The molecule has 0 bridgehead atoms. The number of halogens is 4. The van der Waals surface area contributed by atoms with Crippen LogP contribution in [0, 0.1) is 5.82 Å². The van der Waals surface area contributed by atoms with Gasteiger partial charge in [-0.05, 0) is 18.2 Å². The second-order valence-electron chi connectivity index (χ2n) is 3.32. The van der Waals surface area contributed by atoms with Crippen molar-refractivity contribution in [3.05, 3.63) is 24.0 Å². The molecule has 0 heterocycles. The van der Waals surface area contributed by atoms with E-state index in [1.54, 1.807) is 0 Å². The van der Waals surface area contributed by atoms with Crippen LogP contribution in [-0.4, -0.2) is 33.3 Å². The molecule has 0 N–H and O–H groups in total. The van der Waals surface area contributed by atoms with Crippen LogP contribution < -0.4 is 29.6 Å². The molecule has 0 aliphatic carbocycles. The minimum absolute atomic E-state index is 0. The molecule has 20 heavy (non-hydrogen) atoms. The average Bonchev–Trinajstić information content (AvgIpc) is 2.27. The van der Waals surface area contributed by atoms with E-state index >= 15 is 0 Å². The van der Waals surface area contributed by atoms with Crippen molar-refractivity contribution in [1.29, 1.82) is 0 Å². The van der Waals surface area contributed by atoms with Gasteiger partial charge in [0.05, 0.1) is 9.79 Å². The summed E-state index contributed by atoms with van der Waals surface area (Å²) in [4.78, 5) is -2.98. The molecular formula is C8H5F4NaO5S2. The van der Waals surface area contributed by atoms with Crippen molar-refractivity contribution in [2.45, 2.75) is 15.0 Å². The summed E-state index contributed by atoms with van der Waals surface area (Å²) in [6, 6.07) is 0.450. The topological polar surface area (TPSA) is 91.3 Å². The van der Waals surface area contributed by atoms with Crippen LogP contribution in [0.5, 0.6) is 0 Å². The minimum Gasteiger partial charge on any atom is -0.744 e. The van der Waals surface area contributed by atoms with Crippen LogP contribution in [0.1, 0.15) is 0 Å². The minimum atomic E-state index is -5.57. The third kappa shape index (κ3) is 3.71.